The maximum absolute atomic E-state index is 10.6. The average Bonchev–Trinajstić information content (AvgIpc) is 1.97. The topological polar surface area (TPSA) is 66.4 Å². The quantitative estimate of drug-likeness (QED) is 0.279. The maximum atomic E-state index is 10.6. The Morgan fingerprint density at radius 2 is 1.92 bits per heavy atom. The van der Waals surface area contributed by atoms with Crippen LogP contribution in [-0.2, 0) is 14.3 Å². The van der Waals surface area contributed by atoms with Gasteiger partial charge in [0.25, 0.3) is 0 Å². The summed E-state index contributed by atoms with van der Waals surface area (Å²) in [4.78, 5) is 20.4. The predicted octanol–water partition coefficient (Wildman–Crippen LogP) is -4.01. The third-order valence-corrected chi connectivity index (χ3v) is 1.07. The van der Waals surface area contributed by atoms with E-state index in [0.717, 1.165) is 0 Å². The Balaban J connectivity index is 0. The summed E-state index contributed by atoms with van der Waals surface area (Å²) >= 11 is 3.80. The number of carbonyl (C=O) groups is 2. The molecule has 0 amide bonds. The van der Waals surface area contributed by atoms with Crippen LogP contribution in [0.3, 0.4) is 0 Å². The van der Waals surface area contributed by atoms with Gasteiger partial charge in [0.2, 0.25) is 0 Å². The van der Waals surface area contributed by atoms with Crippen LogP contribution in [0.1, 0.15) is 12.8 Å². The fourth-order valence-corrected chi connectivity index (χ4v) is 0.527. The van der Waals surface area contributed by atoms with Crippen LogP contribution in [0.4, 0.5) is 0 Å². The number of esters is 1. The van der Waals surface area contributed by atoms with Gasteiger partial charge in [-0.3, -0.25) is 4.79 Å². The molecule has 6 heteroatoms. The van der Waals surface area contributed by atoms with E-state index in [2.05, 4.69) is 17.4 Å². The fourth-order valence-electron chi connectivity index (χ4n) is 0.436. The van der Waals surface area contributed by atoms with Gasteiger partial charge in [-0.25, -0.2) is 0 Å². The molecule has 12 heavy (non-hydrogen) atoms. The summed E-state index contributed by atoms with van der Waals surface area (Å²) in [7, 11) is 0. The van der Waals surface area contributed by atoms with Crippen LogP contribution < -0.4 is 34.7 Å². The molecule has 0 aromatic rings. The number of aliphatic carboxylic acids is 1. The number of carboxylic acids is 1. The van der Waals surface area contributed by atoms with Crippen LogP contribution in [0.2, 0.25) is 0 Å². The minimum Gasteiger partial charge on any atom is -0.550 e. The maximum Gasteiger partial charge on any atom is 1.00 e. The van der Waals surface area contributed by atoms with Crippen LogP contribution in [-0.4, -0.2) is 24.3 Å². The van der Waals surface area contributed by atoms with Crippen molar-refractivity contribution in [3.8, 4) is 0 Å². The van der Waals surface area contributed by atoms with Crippen molar-refractivity contribution in [2.75, 3.05) is 12.4 Å². The van der Waals surface area contributed by atoms with Crippen molar-refractivity contribution in [2.24, 2.45) is 0 Å². The average molecular weight is 200 g/mol. The number of hydrogen-bond donors (Lipinski definition) is 1. The number of ether oxygens (including phenoxy) is 1. The number of carboxylic acid groups (broad SMARTS) is 1. The van der Waals surface area contributed by atoms with E-state index in [4.69, 9.17) is 0 Å². The van der Waals surface area contributed by atoms with Gasteiger partial charge in [0, 0.05) is 11.7 Å². The van der Waals surface area contributed by atoms with E-state index in [9.17, 15) is 14.7 Å². The van der Waals surface area contributed by atoms with Crippen molar-refractivity contribution < 1.29 is 49.0 Å². The molecule has 4 nitrogen and oxygen atoms in total. The first-order valence-corrected chi connectivity index (χ1v) is 3.76. The van der Waals surface area contributed by atoms with Gasteiger partial charge >= 0.3 is 35.5 Å². The van der Waals surface area contributed by atoms with Gasteiger partial charge in [0.05, 0.1) is 6.42 Å². The molecule has 0 atom stereocenters. The van der Waals surface area contributed by atoms with Crippen LogP contribution in [0.25, 0.3) is 0 Å². The number of thiol groups is 1. The molecule has 0 radical (unpaired) electrons. The Bertz CT molecular complexity index is 150. The van der Waals surface area contributed by atoms with E-state index in [-0.39, 0.29) is 49.0 Å². The van der Waals surface area contributed by atoms with Gasteiger partial charge in [-0.2, -0.15) is 12.6 Å². The smallest absolute Gasteiger partial charge is 0.550 e. The summed E-state index contributed by atoms with van der Waals surface area (Å²) in [6, 6.07) is 0. The summed E-state index contributed by atoms with van der Waals surface area (Å²) in [6.45, 7) is 0.217. The molecule has 0 aliphatic carbocycles. The van der Waals surface area contributed by atoms with Crippen LogP contribution in [0.15, 0.2) is 0 Å². The van der Waals surface area contributed by atoms with Crippen molar-refractivity contribution in [3.63, 3.8) is 0 Å². The van der Waals surface area contributed by atoms with E-state index >= 15 is 0 Å². The largest absolute Gasteiger partial charge is 1.00 e. The normalized spacial score (nSPS) is 8.42. The van der Waals surface area contributed by atoms with Gasteiger partial charge < -0.3 is 14.6 Å². The Morgan fingerprint density at radius 3 is 2.33 bits per heavy atom. The minimum atomic E-state index is -1.24. The molecule has 0 unspecified atom stereocenters. The summed E-state index contributed by atoms with van der Waals surface area (Å²) < 4.78 is 4.54. The monoisotopic (exact) mass is 200 g/mol. The Kier molecular flexibility index (Phi) is 11.6. The second-order valence-corrected chi connectivity index (χ2v) is 2.26. The third kappa shape index (κ3) is 10.3. The first kappa shape index (κ1) is 14.8. The van der Waals surface area contributed by atoms with Crippen molar-refractivity contribution in [1.29, 1.82) is 0 Å². The van der Waals surface area contributed by atoms with Crippen molar-refractivity contribution in [3.05, 3.63) is 0 Å². The molecular weight excluding hydrogens is 191 g/mol. The SMILES string of the molecule is O=C([O-])CCC(=O)OCCS.[Na+]. The zero-order chi connectivity index (χ0) is 8.69. The molecule has 0 aromatic carbocycles. The third-order valence-electron chi connectivity index (χ3n) is 0.888. The van der Waals surface area contributed by atoms with Gasteiger partial charge in [-0.05, 0) is 6.42 Å². The molecule has 0 heterocycles. The first-order valence-electron chi connectivity index (χ1n) is 3.13. The summed E-state index contributed by atoms with van der Waals surface area (Å²) in [6.07, 6.45) is -0.415. The molecule has 0 rings (SSSR count). The van der Waals surface area contributed by atoms with Crippen LogP contribution >= 0.6 is 12.6 Å². The standard InChI is InChI=1S/C6H10O4S.Na/c7-5(8)1-2-6(9)10-3-4-11;/h11H,1-4H2,(H,7,8);/q;+1/p-1. The van der Waals surface area contributed by atoms with E-state index in [0.29, 0.717) is 5.75 Å². The Morgan fingerprint density at radius 1 is 1.33 bits per heavy atom. The van der Waals surface area contributed by atoms with Gasteiger partial charge in [-0.15, -0.1) is 0 Å². The Labute approximate surface area is 98.4 Å². The van der Waals surface area contributed by atoms with Crippen molar-refractivity contribution in [1.82, 2.24) is 0 Å². The van der Waals surface area contributed by atoms with Gasteiger partial charge in [-0.1, -0.05) is 0 Å². The first-order chi connectivity index (χ1) is 5.16. The number of carbonyl (C=O) groups excluding carboxylic acids is 2. The molecule has 0 saturated carbocycles. The van der Waals surface area contributed by atoms with E-state index in [1.54, 1.807) is 0 Å². The van der Waals surface area contributed by atoms with E-state index < -0.39 is 11.9 Å². The molecule has 0 N–H and O–H groups in total. The molecule has 0 spiro atoms. The molecule has 0 aliphatic rings. The molecule has 0 aromatic heterocycles. The number of rotatable bonds is 5. The number of hydrogen-bond acceptors (Lipinski definition) is 5. The molecule has 0 fully saturated rings. The van der Waals surface area contributed by atoms with Crippen molar-refractivity contribution >= 4 is 24.6 Å². The molecule has 0 saturated heterocycles. The summed E-state index contributed by atoms with van der Waals surface area (Å²) in [5.74, 6) is -1.33. The van der Waals surface area contributed by atoms with E-state index in [1.807, 2.05) is 0 Å². The zero-order valence-electron chi connectivity index (χ0n) is 6.91. The molecule has 0 bridgehead atoms. The molecule has 64 valence electrons. The van der Waals surface area contributed by atoms with E-state index in [1.165, 1.54) is 0 Å². The second-order valence-electron chi connectivity index (χ2n) is 1.82. The molecular formula is C6H9NaO4S. The predicted molar refractivity (Wildman–Crippen MR) is 39.1 cm³/mol. The summed E-state index contributed by atoms with van der Waals surface area (Å²) in [5.41, 5.74) is 0. The Hall–Kier alpha value is 0.290. The minimum absolute atomic E-state index is 0. The second kappa shape index (κ2) is 9.38. The van der Waals surface area contributed by atoms with Crippen molar-refractivity contribution in [2.45, 2.75) is 12.8 Å². The van der Waals surface area contributed by atoms with Gasteiger partial charge in [0.1, 0.15) is 6.61 Å². The van der Waals surface area contributed by atoms with Gasteiger partial charge in [0.15, 0.2) is 0 Å². The summed E-state index contributed by atoms with van der Waals surface area (Å²) in [5, 5.41) is 9.84. The fraction of sp³-hybridized carbons (Fsp3) is 0.667. The van der Waals surface area contributed by atoms with Crippen LogP contribution in [0.5, 0.6) is 0 Å². The van der Waals surface area contributed by atoms with Crippen LogP contribution in [0, 0.1) is 0 Å². The zero-order valence-corrected chi connectivity index (χ0v) is 9.80. The molecule has 0 aliphatic heterocycles.